The van der Waals surface area contributed by atoms with E-state index in [4.69, 9.17) is 5.26 Å². The molecule has 18 heavy (non-hydrogen) atoms. The van der Waals surface area contributed by atoms with Gasteiger partial charge in [0.25, 0.3) is 0 Å². The third-order valence-corrected chi connectivity index (χ3v) is 3.47. The summed E-state index contributed by atoms with van der Waals surface area (Å²) in [5.41, 5.74) is 1.40. The van der Waals surface area contributed by atoms with Gasteiger partial charge < -0.3 is 0 Å². The SMILES string of the molecule is N#Cc1cnc2ccccc2c1Sc1ncn[nH]1. The van der Waals surface area contributed by atoms with Crippen molar-refractivity contribution in [2.45, 2.75) is 10.1 Å². The highest BCUT2D eigenvalue weighted by molar-refractivity contribution is 7.99. The van der Waals surface area contributed by atoms with Gasteiger partial charge in [0, 0.05) is 16.5 Å². The van der Waals surface area contributed by atoms with Crippen LogP contribution >= 0.6 is 11.8 Å². The molecule has 86 valence electrons. The zero-order valence-electron chi connectivity index (χ0n) is 9.16. The van der Waals surface area contributed by atoms with Crippen molar-refractivity contribution in [3.63, 3.8) is 0 Å². The number of nitrogens with one attached hydrogen (secondary N) is 1. The first-order chi connectivity index (χ1) is 8.88. The molecular formula is C12H7N5S. The lowest BCUT2D eigenvalue weighted by Gasteiger charge is -2.05. The van der Waals surface area contributed by atoms with Gasteiger partial charge in [0.2, 0.25) is 0 Å². The Morgan fingerprint density at radius 1 is 1.22 bits per heavy atom. The predicted molar refractivity (Wildman–Crippen MR) is 67.0 cm³/mol. The van der Waals surface area contributed by atoms with Gasteiger partial charge in [0.1, 0.15) is 12.4 Å². The molecule has 0 spiro atoms. The second-order valence-corrected chi connectivity index (χ2v) is 4.52. The van der Waals surface area contributed by atoms with Crippen molar-refractivity contribution in [1.29, 1.82) is 5.26 Å². The van der Waals surface area contributed by atoms with Crippen LogP contribution in [0.5, 0.6) is 0 Å². The molecule has 0 radical (unpaired) electrons. The molecule has 2 aromatic heterocycles. The monoisotopic (exact) mass is 253 g/mol. The number of hydrogen-bond donors (Lipinski definition) is 1. The quantitative estimate of drug-likeness (QED) is 0.758. The molecule has 0 saturated heterocycles. The number of nitrogens with zero attached hydrogens (tertiary/aromatic N) is 4. The molecule has 2 heterocycles. The van der Waals surface area contributed by atoms with Gasteiger partial charge >= 0.3 is 0 Å². The second-order valence-electron chi connectivity index (χ2n) is 3.52. The molecule has 1 N–H and O–H groups in total. The van der Waals surface area contributed by atoms with Gasteiger partial charge in [0.05, 0.1) is 11.1 Å². The summed E-state index contributed by atoms with van der Waals surface area (Å²) < 4.78 is 0. The summed E-state index contributed by atoms with van der Waals surface area (Å²) >= 11 is 1.38. The Morgan fingerprint density at radius 2 is 2.11 bits per heavy atom. The van der Waals surface area contributed by atoms with Crippen LogP contribution in [-0.2, 0) is 0 Å². The number of fused-ring (bicyclic) bond motifs is 1. The van der Waals surface area contributed by atoms with Crippen LogP contribution in [0.3, 0.4) is 0 Å². The van der Waals surface area contributed by atoms with Gasteiger partial charge in [-0.1, -0.05) is 18.2 Å². The minimum Gasteiger partial charge on any atom is -0.255 e. The summed E-state index contributed by atoms with van der Waals surface area (Å²) in [6.45, 7) is 0. The molecule has 0 fully saturated rings. The zero-order chi connectivity index (χ0) is 12.4. The lowest BCUT2D eigenvalue weighted by atomic mass is 10.2. The molecule has 0 aliphatic rings. The Kier molecular flexibility index (Phi) is 2.67. The Balaban J connectivity index is 2.21. The molecule has 0 aliphatic carbocycles. The number of benzene rings is 1. The number of rotatable bonds is 2. The average molecular weight is 253 g/mol. The van der Waals surface area contributed by atoms with Crippen LogP contribution in [0.15, 0.2) is 46.8 Å². The van der Waals surface area contributed by atoms with E-state index in [0.717, 1.165) is 15.8 Å². The fourth-order valence-electron chi connectivity index (χ4n) is 1.65. The Morgan fingerprint density at radius 3 is 2.89 bits per heavy atom. The van der Waals surface area contributed by atoms with Crippen molar-refractivity contribution in [1.82, 2.24) is 20.2 Å². The smallest absolute Gasteiger partial charge is 0.188 e. The molecule has 0 aliphatic heterocycles. The first-order valence-corrected chi connectivity index (χ1v) is 6.01. The first kappa shape index (κ1) is 10.7. The van der Waals surface area contributed by atoms with E-state index in [1.807, 2.05) is 24.3 Å². The third kappa shape index (κ3) is 1.81. The van der Waals surface area contributed by atoms with E-state index in [2.05, 4.69) is 26.2 Å². The standard InChI is InChI=1S/C12H7N5S/c13-5-8-6-14-10-4-2-1-3-9(10)11(8)18-12-15-7-16-17-12/h1-4,6-7H,(H,15,16,17). The molecule has 3 rings (SSSR count). The molecule has 5 nitrogen and oxygen atoms in total. The summed E-state index contributed by atoms with van der Waals surface area (Å²) in [4.78, 5) is 9.17. The number of aromatic amines is 1. The first-order valence-electron chi connectivity index (χ1n) is 5.19. The Labute approximate surface area is 107 Å². The summed E-state index contributed by atoms with van der Waals surface area (Å²) in [5.74, 6) is 0. The molecule has 0 amide bonds. The van der Waals surface area contributed by atoms with Gasteiger partial charge in [-0.05, 0) is 17.8 Å². The maximum absolute atomic E-state index is 9.16. The van der Waals surface area contributed by atoms with Crippen LogP contribution in [0, 0.1) is 11.3 Å². The zero-order valence-corrected chi connectivity index (χ0v) is 9.98. The lowest BCUT2D eigenvalue weighted by molar-refractivity contribution is 0.973. The fourth-order valence-corrected chi connectivity index (χ4v) is 2.53. The van der Waals surface area contributed by atoms with E-state index in [1.54, 1.807) is 6.20 Å². The highest BCUT2D eigenvalue weighted by Crippen LogP contribution is 2.33. The molecule has 0 saturated carbocycles. The van der Waals surface area contributed by atoms with Gasteiger partial charge in [0.15, 0.2) is 5.16 Å². The number of hydrogen-bond acceptors (Lipinski definition) is 5. The van der Waals surface area contributed by atoms with Gasteiger partial charge in [-0.25, -0.2) is 4.98 Å². The summed E-state index contributed by atoms with van der Waals surface area (Å²) in [6.07, 6.45) is 3.03. The van der Waals surface area contributed by atoms with Crippen LogP contribution < -0.4 is 0 Å². The maximum atomic E-state index is 9.16. The third-order valence-electron chi connectivity index (χ3n) is 2.44. The van der Waals surface area contributed by atoms with Crippen LogP contribution in [0.25, 0.3) is 10.9 Å². The summed E-state index contributed by atoms with van der Waals surface area (Å²) in [6, 6.07) is 9.87. The average Bonchev–Trinajstić information content (AvgIpc) is 2.92. The van der Waals surface area contributed by atoms with Crippen LogP contribution in [0.2, 0.25) is 0 Å². The van der Waals surface area contributed by atoms with E-state index >= 15 is 0 Å². The van der Waals surface area contributed by atoms with Crippen LogP contribution in [0.4, 0.5) is 0 Å². The second kappa shape index (κ2) is 4.47. The molecule has 6 heteroatoms. The minimum absolute atomic E-state index is 0.537. The number of para-hydroxylation sites is 1. The van der Waals surface area contributed by atoms with Gasteiger partial charge in [-0.15, -0.1) is 0 Å². The van der Waals surface area contributed by atoms with E-state index in [-0.39, 0.29) is 0 Å². The topological polar surface area (TPSA) is 78.2 Å². The normalized spacial score (nSPS) is 10.4. The van der Waals surface area contributed by atoms with Crippen LogP contribution in [0.1, 0.15) is 5.56 Å². The molecule has 1 aromatic carbocycles. The molecule has 0 unspecified atom stereocenters. The van der Waals surface area contributed by atoms with E-state index in [1.165, 1.54) is 18.1 Å². The van der Waals surface area contributed by atoms with Crippen molar-refractivity contribution in [2.24, 2.45) is 0 Å². The minimum atomic E-state index is 0.537. The summed E-state index contributed by atoms with van der Waals surface area (Å²) in [7, 11) is 0. The highest BCUT2D eigenvalue weighted by Gasteiger charge is 2.11. The molecular weight excluding hydrogens is 246 g/mol. The fraction of sp³-hybridized carbons (Fsp3) is 0. The Hall–Kier alpha value is -2.39. The van der Waals surface area contributed by atoms with Crippen molar-refractivity contribution in [3.8, 4) is 6.07 Å². The van der Waals surface area contributed by atoms with Gasteiger partial charge in [-0.2, -0.15) is 10.4 Å². The molecule has 3 aromatic rings. The van der Waals surface area contributed by atoms with E-state index in [9.17, 15) is 0 Å². The van der Waals surface area contributed by atoms with Crippen molar-refractivity contribution in [3.05, 3.63) is 42.4 Å². The maximum Gasteiger partial charge on any atom is 0.188 e. The van der Waals surface area contributed by atoms with Crippen molar-refractivity contribution >= 4 is 22.7 Å². The molecule has 0 atom stereocenters. The molecule has 0 bridgehead atoms. The lowest BCUT2D eigenvalue weighted by Crippen LogP contribution is -1.88. The van der Waals surface area contributed by atoms with Crippen LogP contribution in [-0.4, -0.2) is 20.2 Å². The Bertz CT molecular complexity index is 730. The number of pyridine rings is 1. The van der Waals surface area contributed by atoms with Crippen molar-refractivity contribution in [2.75, 3.05) is 0 Å². The number of nitriles is 1. The summed E-state index contributed by atoms with van der Waals surface area (Å²) in [5, 5.41) is 17.3. The van der Waals surface area contributed by atoms with Crippen molar-refractivity contribution < 1.29 is 0 Å². The van der Waals surface area contributed by atoms with E-state index in [0.29, 0.717) is 10.7 Å². The van der Waals surface area contributed by atoms with E-state index < -0.39 is 0 Å². The number of H-pyrrole nitrogens is 1. The van der Waals surface area contributed by atoms with Gasteiger partial charge in [-0.3, -0.25) is 10.1 Å². The predicted octanol–water partition coefficient (Wildman–Crippen LogP) is 2.38. The number of aromatic nitrogens is 4. The highest BCUT2D eigenvalue weighted by atomic mass is 32.2. The largest absolute Gasteiger partial charge is 0.255 e.